The van der Waals surface area contributed by atoms with Crippen molar-refractivity contribution < 1.29 is 9.13 Å². The molecule has 1 aromatic rings. The normalized spacial score (nSPS) is 29.6. The summed E-state index contributed by atoms with van der Waals surface area (Å²) in [6.45, 7) is 2.36. The lowest BCUT2D eigenvalue weighted by Gasteiger charge is -2.24. The van der Waals surface area contributed by atoms with Crippen molar-refractivity contribution in [2.75, 3.05) is 11.9 Å². The van der Waals surface area contributed by atoms with E-state index in [1.54, 1.807) is 12.1 Å². The highest BCUT2D eigenvalue weighted by Gasteiger charge is 2.45. The molecule has 0 aromatic heterocycles. The monoisotopic (exact) mass is 249 g/mol. The zero-order valence-electron chi connectivity index (χ0n) is 10.8. The van der Waals surface area contributed by atoms with Crippen LogP contribution >= 0.6 is 0 Å². The molecular weight excluding hydrogens is 229 g/mol. The summed E-state index contributed by atoms with van der Waals surface area (Å²) in [5.74, 6) is 1.83. The van der Waals surface area contributed by atoms with Gasteiger partial charge < -0.3 is 10.1 Å². The zero-order chi connectivity index (χ0) is 12.5. The Morgan fingerprint density at radius 3 is 3.06 bits per heavy atom. The Balaban J connectivity index is 1.67. The smallest absolute Gasteiger partial charge is 0.167 e. The van der Waals surface area contributed by atoms with Crippen LogP contribution in [0.25, 0.3) is 0 Å². The molecular formula is C15H20FNO. The number of halogens is 1. The number of anilines is 1. The van der Waals surface area contributed by atoms with Gasteiger partial charge in [-0.25, -0.2) is 4.39 Å². The van der Waals surface area contributed by atoms with Gasteiger partial charge in [-0.05, 0) is 43.7 Å². The zero-order valence-corrected chi connectivity index (χ0v) is 10.8. The van der Waals surface area contributed by atoms with Crippen LogP contribution in [0.5, 0.6) is 5.75 Å². The van der Waals surface area contributed by atoms with E-state index in [9.17, 15) is 4.39 Å². The minimum atomic E-state index is -0.273. The predicted molar refractivity (Wildman–Crippen MR) is 70.4 cm³/mol. The lowest BCUT2D eigenvalue weighted by atomic mass is 9.95. The number of benzene rings is 1. The van der Waals surface area contributed by atoms with Crippen molar-refractivity contribution in [1.29, 1.82) is 0 Å². The minimum absolute atomic E-state index is 0.273. The van der Waals surface area contributed by atoms with Gasteiger partial charge in [0.05, 0.1) is 6.61 Å². The summed E-state index contributed by atoms with van der Waals surface area (Å²) in [4.78, 5) is 0. The van der Waals surface area contributed by atoms with Crippen LogP contribution in [-0.2, 0) is 0 Å². The summed E-state index contributed by atoms with van der Waals surface area (Å²) in [6, 6.07) is 5.73. The second kappa shape index (κ2) is 4.79. The van der Waals surface area contributed by atoms with Crippen LogP contribution in [0.15, 0.2) is 18.2 Å². The maximum absolute atomic E-state index is 13.7. The molecule has 3 rings (SSSR count). The molecule has 1 N–H and O–H groups in total. The fourth-order valence-corrected chi connectivity index (χ4v) is 3.17. The van der Waals surface area contributed by atoms with E-state index in [0.717, 1.165) is 17.5 Å². The fraction of sp³-hybridized carbons (Fsp3) is 0.600. The third kappa shape index (κ3) is 2.31. The quantitative estimate of drug-likeness (QED) is 0.875. The second-order valence-corrected chi connectivity index (χ2v) is 5.42. The molecule has 0 heterocycles. The lowest BCUT2D eigenvalue weighted by Crippen LogP contribution is -2.25. The Morgan fingerprint density at radius 2 is 2.28 bits per heavy atom. The van der Waals surface area contributed by atoms with Crippen molar-refractivity contribution in [3.63, 3.8) is 0 Å². The van der Waals surface area contributed by atoms with Crippen LogP contribution < -0.4 is 10.1 Å². The third-order valence-electron chi connectivity index (χ3n) is 4.17. The fourth-order valence-electron chi connectivity index (χ4n) is 3.17. The van der Waals surface area contributed by atoms with E-state index in [0.29, 0.717) is 18.4 Å². The predicted octanol–water partition coefficient (Wildman–Crippen LogP) is 3.82. The molecule has 0 bridgehead atoms. The summed E-state index contributed by atoms with van der Waals surface area (Å²) >= 11 is 0. The molecule has 3 unspecified atom stereocenters. The second-order valence-electron chi connectivity index (χ2n) is 5.42. The number of ether oxygens (including phenoxy) is 1. The van der Waals surface area contributed by atoms with Crippen molar-refractivity contribution in [3.8, 4) is 5.75 Å². The average Bonchev–Trinajstić information content (AvgIpc) is 3.13. The van der Waals surface area contributed by atoms with E-state index in [1.165, 1.54) is 25.7 Å². The summed E-state index contributed by atoms with van der Waals surface area (Å²) in [5, 5.41) is 3.49. The standard InChI is InChI=1S/C15H20FNO/c1-2-18-15-7-6-11(9-13(15)16)17-14-5-3-4-10-8-12(10)14/h6-7,9-10,12,14,17H,2-5,8H2,1H3. The molecule has 0 amide bonds. The van der Waals surface area contributed by atoms with Gasteiger partial charge in [0.15, 0.2) is 11.6 Å². The molecule has 18 heavy (non-hydrogen) atoms. The maximum Gasteiger partial charge on any atom is 0.167 e. The Kier molecular flexibility index (Phi) is 3.14. The van der Waals surface area contributed by atoms with Gasteiger partial charge in [-0.2, -0.15) is 0 Å². The van der Waals surface area contributed by atoms with E-state index >= 15 is 0 Å². The largest absolute Gasteiger partial charge is 0.491 e. The summed E-state index contributed by atoms with van der Waals surface area (Å²) in [6.07, 6.45) is 5.27. The lowest BCUT2D eigenvalue weighted by molar-refractivity contribution is 0.321. The molecule has 2 aliphatic carbocycles. The molecule has 3 atom stereocenters. The van der Waals surface area contributed by atoms with Gasteiger partial charge >= 0.3 is 0 Å². The Labute approximate surface area is 108 Å². The highest BCUT2D eigenvalue weighted by atomic mass is 19.1. The molecule has 0 spiro atoms. The molecule has 2 nitrogen and oxygen atoms in total. The van der Waals surface area contributed by atoms with Crippen LogP contribution in [0.2, 0.25) is 0 Å². The van der Waals surface area contributed by atoms with Gasteiger partial charge in [-0.1, -0.05) is 12.8 Å². The van der Waals surface area contributed by atoms with Gasteiger partial charge in [0, 0.05) is 17.8 Å². The van der Waals surface area contributed by atoms with E-state index in [2.05, 4.69) is 5.32 Å². The first-order chi connectivity index (χ1) is 8.78. The Hall–Kier alpha value is -1.25. The molecule has 98 valence electrons. The first-order valence-electron chi connectivity index (χ1n) is 6.97. The molecule has 0 radical (unpaired) electrons. The van der Waals surface area contributed by atoms with Crippen molar-refractivity contribution in [1.82, 2.24) is 0 Å². The minimum Gasteiger partial charge on any atom is -0.491 e. The van der Waals surface area contributed by atoms with Gasteiger partial charge in [-0.3, -0.25) is 0 Å². The van der Waals surface area contributed by atoms with Crippen LogP contribution in [-0.4, -0.2) is 12.6 Å². The summed E-state index contributed by atoms with van der Waals surface area (Å²) in [5.41, 5.74) is 0.883. The molecule has 2 saturated carbocycles. The highest BCUT2D eigenvalue weighted by Crippen LogP contribution is 2.50. The number of fused-ring (bicyclic) bond motifs is 1. The number of rotatable bonds is 4. The summed E-state index contributed by atoms with van der Waals surface area (Å²) < 4.78 is 18.9. The number of hydrogen-bond acceptors (Lipinski definition) is 2. The van der Waals surface area contributed by atoms with Crippen molar-refractivity contribution >= 4 is 5.69 Å². The SMILES string of the molecule is CCOc1ccc(NC2CCCC3CC32)cc1F. The van der Waals surface area contributed by atoms with Gasteiger partial charge in [0.1, 0.15) is 0 Å². The first kappa shape index (κ1) is 11.8. The van der Waals surface area contributed by atoms with Crippen LogP contribution in [0, 0.1) is 17.7 Å². The van der Waals surface area contributed by atoms with Crippen LogP contribution in [0.1, 0.15) is 32.6 Å². The molecule has 3 heteroatoms. The van der Waals surface area contributed by atoms with E-state index < -0.39 is 0 Å². The van der Waals surface area contributed by atoms with Gasteiger partial charge in [0.25, 0.3) is 0 Å². The number of nitrogens with one attached hydrogen (secondary N) is 1. The molecule has 0 saturated heterocycles. The Morgan fingerprint density at radius 1 is 1.39 bits per heavy atom. The van der Waals surface area contributed by atoms with Gasteiger partial charge in [-0.15, -0.1) is 0 Å². The average molecular weight is 249 g/mol. The first-order valence-corrected chi connectivity index (χ1v) is 6.97. The molecule has 2 fully saturated rings. The van der Waals surface area contributed by atoms with E-state index in [4.69, 9.17) is 4.74 Å². The molecule has 1 aromatic carbocycles. The van der Waals surface area contributed by atoms with Crippen LogP contribution in [0.4, 0.5) is 10.1 Å². The van der Waals surface area contributed by atoms with Crippen LogP contribution in [0.3, 0.4) is 0 Å². The van der Waals surface area contributed by atoms with E-state index in [1.807, 2.05) is 13.0 Å². The number of hydrogen-bond donors (Lipinski definition) is 1. The topological polar surface area (TPSA) is 21.3 Å². The molecule has 2 aliphatic rings. The van der Waals surface area contributed by atoms with Crippen molar-refractivity contribution in [3.05, 3.63) is 24.0 Å². The Bertz CT molecular complexity index is 435. The third-order valence-corrected chi connectivity index (χ3v) is 4.17. The molecule has 0 aliphatic heterocycles. The van der Waals surface area contributed by atoms with E-state index in [-0.39, 0.29) is 5.82 Å². The summed E-state index contributed by atoms with van der Waals surface area (Å²) in [7, 11) is 0. The van der Waals surface area contributed by atoms with Crippen molar-refractivity contribution in [2.24, 2.45) is 11.8 Å². The highest BCUT2D eigenvalue weighted by molar-refractivity contribution is 5.48. The van der Waals surface area contributed by atoms with Gasteiger partial charge in [0.2, 0.25) is 0 Å². The maximum atomic E-state index is 13.7. The van der Waals surface area contributed by atoms with Crippen molar-refractivity contribution in [2.45, 2.75) is 38.6 Å².